The summed E-state index contributed by atoms with van der Waals surface area (Å²) in [6, 6.07) is 4.35. The van der Waals surface area contributed by atoms with E-state index in [9.17, 15) is 4.79 Å². The molecule has 0 radical (unpaired) electrons. The molecule has 164 valence electrons. The second kappa shape index (κ2) is 15.5. The number of unbranched alkanes of at least 4 members (excludes halogenated alkanes) is 13. The number of likely N-dealkylation sites (tertiary alicyclic amines) is 1. The van der Waals surface area contributed by atoms with E-state index >= 15 is 0 Å². The van der Waals surface area contributed by atoms with Crippen LogP contribution >= 0.6 is 0 Å². The van der Waals surface area contributed by atoms with Crippen LogP contribution in [0.1, 0.15) is 115 Å². The van der Waals surface area contributed by atoms with Crippen LogP contribution in [0.5, 0.6) is 0 Å². The molecule has 0 unspecified atom stereocenters. The molecule has 1 fully saturated rings. The van der Waals surface area contributed by atoms with Crippen molar-refractivity contribution in [1.82, 2.24) is 4.90 Å². The van der Waals surface area contributed by atoms with E-state index in [0.29, 0.717) is 12.6 Å². The minimum Gasteiger partial charge on any atom is -0.287 e. The van der Waals surface area contributed by atoms with E-state index in [0.717, 1.165) is 25.8 Å². The van der Waals surface area contributed by atoms with Crippen LogP contribution in [0, 0.1) is 0 Å². The van der Waals surface area contributed by atoms with Crippen molar-refractivity contribution in [2.75, 3.05) is 6.54 Å². The standard InChI is InChI=1S/C26H45N2O/c1-2-3-4-5-6-7-8-9-10-11-12-13-14-15-18-25-19-16-21-27(23-25)24-28-22-17-20-26(28)29/h16,19,21,23H,2-15,17-18,20,22,24H2,1H3/q+1. The number of hydrogen-bond donors (Lipinski definition) is 0. The number of pyridine rings is 1. The van der Waals surface area contributed by atoms with Gasteiger partial charge < -0.3 is 0 Å². The van der Waals surface area contributed by atoms with Crippen molar-refractivity contribution >= 4 is 5.91 Å². The molecule has 29 heavy (non-hydrogen) atoms. The number of aryl methyl sites for hydroxylation is 1. The van der Waals surface area contributed by atoms with Crippen molar-refractivity contribution < 1.29 is 9.36 Å². The third-order valence-corrected chi connectivity index (χ3v) is 6.24. The summed E-state index contributed by atoms with van der Waals surface area (Å²) in [5, 5.41) is 0. The van der Waals surface area contributed by atoms with E-state index < -0.39 is 0 Å². The highest BCUT2D eigenvalue weighted by atomic mass is 16.2. The molecule has 1 aliphatic rings. The van der Waals surface area contributed by atoms with Crippen LogP contribution in [0.2, 0.25) is 0 Å². The maximum Gasteiger partial charge on any atom is 0.227 e. The predicted octanol–water partition coefficient (Wildman–Crippen LogP) is 6.58. The van der Waals surface area contributed by atoms with Gasteiger partial charge in [0.15, 0.2) is 12.4 Å². The molecule has 1 aromatic heterocycles. The van der Waals surface area contributed by atoms with E-state index in [1.807, 2.05) is 4.90 Å². The van der Waals surface area contributed by atoms with Crippen molar-refractivity contribution in [2.24, 2.45) is 0 Å². The number of amides is 1. The molecule has 1 aromatic rings. The lowest BCUT2D eigenvalue weighted by Gasteiger charge is -2.11. The Morgan fingerprint density at radius 3 is 2.00 bits per heavy atom. The Morgan fingerprint density at radius 2 is 1.45 bits per heavy atom. The first-order valence-corrected chi connectivity index (χ1v) is 12.6. The zero-order valence-electron chi connectivity index (χ0n) is 19.0. The number of carbonyl (C=O) groups is 1. The molecule has 1 saturated heterocycles. The summed E-state index contributed by atoms with van der Waals surface area (Å²) in [5.74, 6) is 0.301. The molecule has 3 nitrogen and oxygen atoms in total. The minimum absolute atomic E-state index is 0.301. The lowest BCUT2D eigenvalue weighted by Crippen LogP contribution is -2.44. The molecule has 0 N–H and O–H groups in total. The number of carbonyl (C=O) groups excluding carboxylic acids is 1. The van der Waals surface area contributed by atoms with Crippen molar-refractivity contribution in [2.45, 2.75) is 123 Å². The predicted molar refractivity (Wildman–Crippen MR) is 122 cm³/mol. The van der Waals surface area contributed by atoms with Gasteiger partial charge in [-0.25, -0.2) is 0 Å². The number of aromatic nitrogens is 1. The lowest BCUT2D eigenvalue weighted by atomic mass is 10.0. The van der Waals surface area contributed by atoms with Gasteiger partial charge >= 0.3 is 0 Å². The van der Waals surface area contributed by atoms with E-state index in [4.69, 9.17) is 0 Å². The second-order valence-corrected chi connectivity index (χ2v) is 8.97. The molecule has 0 bridgehead atoms. The summed E-state index contributed by atoms with van der Waals surface area (Å²) < 4.78 is 2.17. The first-order valence-electron chi connectivity index (χ1n) is 12.6. The molecule has 0 spiro atoms. The minimum atomic E-state index is 0.301. The second-order valence-electron chi connectivity index (χ2n) is 8.97. The van der Waals surface area contributed by atoms with Gasteiger partial charge in [0.25, 0.3) is 0 Å². The molecule has 0 atom stereocenters. The molecule has 0 aromatic carbocycles. The number of nitrogens with zero attached hydrogens (tertiary/aromatic N) is 2. The fraction of sp³-hybridized carbons (Fsp3) is 0.769. The number of hydrogen-bond acceptors (Lipinski definition) is 1. The van der Waals surface area contributed by atoms with Crippen molar-refractivity contribution in [1.29, 1.82) is 0 Å². The van der Waals surface area contributed by atoms with Crippen molar-refractivity contribution in [3.8, 4) is 0 Å². The SMILES string of the molecule is CCCCCCCCCCCCCCCCc1ccc[n+](CN2CCCC2=O)c1. The maximum absolute atomic E-state index is 11.8. The van der Waals surface area contributed by atoms with E-state index in [-0.39, 0.29) is 0 Å². The third-order valence-electron chi connectivity index (χ3n) is 6.24. The Balaban J connectivity index is 1.43. The monoisotopic (exact) mass is 401 g/mol. The quantitative estimate of drug-likeness (QED) is 0.214. The molecule has 2 heterocycles. The van der Waals surface area contributed by atoms with Gasteiger partial charge in [-0.05, 0) is 25.3 Å². The largest absolute Gasteiger partial charge is 0.287 e. The average molecular weight is 402 g/mol. The van der Waals surface area contributed by atoms with E-state index in [1.54, 1.807) is 0 Å². The van der Waals surface area contributed by atoms with Crippen LogP contribution in [-0.2, 0) is 17.9 Å². The van der Waals surface area contributed by atoms with Crippen LogP contribution in [0.4, 0.5) is 0 Å². The molecule has 1 aliphatic heterocycles. The Labute approximate surface area is 179 Å². The molecule has 3 heteroatoms. The first kappa shape index (κ1) is 23.9. The lowest BCUT2D eigenvalue weighted by molar-refractivity contribution is -0.712. The van der Waals surface area contributed by atoms with Gasteiger partial charge in [-0.15, -0.1) is 0 Å². The van der Waals surface area contributed by atoms with Gasteiger partial charge in [0.1, 0.15) is 0 Å². The normalized spacial score (nSPS) is 14.1. The van der Waals surface area contributed by atoms with Gasteiger partial charge in [0.2, 0.25) is 12.6 Å². The van der Waals surface area contributed by atoms with Gasteiger partial charge in [-0.3, -0.25) is 9.69 Å². The maximum atomic E-state index is 11.8. The van der Waals surface area contributed by atoms with Crippen LogP contribution in [0.25, 0.3) is 0 Å². The van der Waals surface area contributed by atoms with Crippen LogP contribution in [0.15, 0.2) is 24.5 Å². The fourth-order valence-electron chi connectivity index (χ4n) is 4.39. The third kappa shape index (κ3) is 10.8. The van der Waals surface area contributed by atoms with Crippen molar-refractivity contribution in [3.63, 3.8) is 0 Å². The Hall–Kier alpha value is -1.38. The van der Waals surface area contributed by atoms with Gasteiger partial charge in [0, 0.05) is 24.6 Å². The fourth-order valence-corrected chi connectivity index (χ4v) is 4.39. The highest BCUT2D eigenvalue weighted by Crippen LogP contribution is 2.14. The van der Waals surface area contributed by atoms with Gasteiger partial charge in [0.05, 0.1) is 0 Å². The zero-order chi connectivity index (χ0) is 20.6. The van der Waals surface area contributed by atoms with E-state index in [2.05, 4.69) is 36.0 Å². The number of rotatable bonds is 17. The molecular weight excluding hydrogens is 356 g/mol. The van der Waals surface area contributed by atoms with Crippen LogP contribution in [0.3, 0.4) is 0 Å². The van der Waals surface area contributed by atoms with E-state index in [1.165, 1.54) is 95.5 Å². The van der Waals surface area contributed by atoms with Crippen LogP contribution in [-0.4, -0.2) is 17.4 Å². The Morgan fingerprint density at radius 1 is 0.862 bits per heavy atom. The average Bonchev–Trinajstić information content (AvgIpc) is 3.13. The summed E-state index contributed by atoms with van der Waals surface area (Å²) in [6.45, 7) is 3.91. The zero-order valence-corrected chi connectivity index (χ0v) is 19.0. The molecular formula is C26H45N2O+. The molecule has 2 rings (SSSR count). The molecule has 1 amide bonds. The topological polar surface area (TPSA) is 24.2 Å². The Bertz CT molecular complexity index is 557. The highest BCUT2D eigenvalue weighted by molar-refractivity contribution is 5.77. The highest BCUT2D eigenvalue weighted by Gasteiger charge is 2.22. The van der Waals surface area contributed by atoms with Crippen LogP contribution < -0.4 is 4.57 Å². The smallest absolute Gasteiger partial charge is 0.227 e. The summed E-state index contributed by atoms with van der Waals surface area (Å²) in [4.78, 5) is 13.8. The Kier molecular flexibility index (Phi) is 12.7. The first-order chi connectivity index (χ1) is 14.3. The summed E-state index contributed by atoms with van der Waals surface area (Å²) in [5.41, 5.74) is 1.40. The summed E-state index contributed by atoms with van der Waals surface area (Å²) in [6.07, 6.45) is 26.9. The summed E-state index contributed by atoms with van der Waals surface area (Å²) in [7, 11) is 0. The molecule has 0 aliphatic carbocycles. The van der Waals surface area contributed by atoms with Gasteiger partial charge in [-0.1, -0.05) is 90.4 Å². The summed E-state index contributed by atoms with van der Waals surface area (Å²) >= 11 is 0. The van der Waals surface area contributed by atoms with Crippen molar-refractivity contribution in [3.05, 3.63) is 30.1 Å². The molecule has 0 saturated carbocycles. The van der Waals surface area contributed by atoms with Gasteiger partial charge in [-0.2, -0.15) is 4.57 Å².